The molecular weight excluding hydrogens is 235 g/mol. The Morgan fingerprint density at radius 2 is 1.92 bits per heavy atom. The summed E-state index contributed by atoms with van der Waals surface area (Å²) in [5.74, 6) is 0. The molecule has 0 aliphatic carbocycles. The molecule has 0 aromatic rings. The van der Waals surface area contributed by atoms with E-state index in [-0.39, 0.29) is 0 Å². The molecule has 0 aromatic carbocycles. The van der Waals surface area contributed by atoms with Gasteiger partial charge in [-0.15, -0.1) is 0 Å². The van der Waals surface area contributed by atoms with Crippen LogP contribution in [0.25, 0.3) is 0 Å². The fraction of sp³-hybridized carbons (Fsp3) is 0.400. The molecule has 0 heterocycles. The van der Waals surface area contributed by atoms with Crippen molar-refractivity contribution in [3.05, 3.63) is 34.4 Å². The van der Waals surface area contributed by atoms with Crippen molar-refractivity contribution in [1.29, 1.82) is 0 Å². The van der Waals surface area contributed by atoms with E-state index in [0.29, 0.717) is 0 Å². The molecule has 0 amide bonds. The lowest BCUT2D eigenvalue weighted by Crippen LogP contribution is -1.81. The molecule has 0 unspecified atom stereocenters. The molecule has 0 rings (SSSR count). The first-order chi connectivity index (χ1) is 5.60. The summed E-state index contributed by atoms with van der Waals surface area (Å²) in [5, 5.41) is 1.65. The van der Waals surface area contributed by atoms with E-state index >= 15 is 0 Å². The Balaban J connectivity index is 4.56. The second-order valence-electron chi connectivity index (χ2n) is 2.62. The highest BCUT2D eigenvalue weighted by molar-refractivity contribution is 9.09. The molecule has 0 fully saturated rings. The number of allylic oxidation sites excluding steroid dienone is 6. The molecule has 0 aliphatic heterocycles. The van der Waals surface area contributed by atoms with Crippen molar-refractivity contribution in [2.75, 3.05) is 5.33 Å². The monoisotopic (exact) mass is 248 g/mol. The first-order valence-electron chi connectivity index (χ1n) is 3.83. The van der Waals surface area contributed by atoms with Gasteiger partial charge in [-0.2, -0.15) is 0 Å². The van der Waals surface area contributed by atoms with Crippen LogP contribution in [0.3, 0.4) is 0 Å². The van der Waals surface area contributed by atoms with Gasteiger partial charge >= 0.3 is 0 Å². The van der Waals surface area contributed by atoms with E-state index in [1.54, 1.807) is 0 Å². The van der Waals surface area contributed by atoms with Gasteiger partial charge in [-0.1, -0.05) is 45.3 Å². The van der Waals surface area contributed by atoms with Crippen molar-refractivity contribution in [1.82, 2.24) is 0 Å². The lowest BCUT2D eigenvalue weighted by Gasteiger charge is -1.97. The summed E-state index contributed by atoms with van der Waals surface area (Å²) >= 11 is 9.16. The average molecular weight is 250 g/mol. The molecule has 12 heavy (non-hydrogen) atoms. The number of rotatable bonds is 3. The third-order valence-corrected chi connectivity index (χ3v) is 2.16. The summed E-state index contributed by atoms with van der Waals surface area (Å²) in [6.45, 7) is 5.97. The van der Waals surface area contributed by atoms with Crippen LogP contribution in [0.2, 0.25) is 0 Å². The summed E-state index contributed by atoms with van der Waals surface area (Å²) in [4.78, 5) is 0. The van der Waals surface area contributed by atoms with Crippen LogP contribution >= 0.6 is 27.5 Å². The molecule has 2 heteroatoms. The molecule has 0 nitrogen and oxygen atoms in total. The van der Waals surface area contributed by atoms with Gasteiger partial charge in [0.15, 0.2) is 0 Å². The zero-order chi connectivity index (χ0) is 9.56. The molecule has 0 spiro atoms. The van der Waals surface area contributed by atoms with Gasteiger partial charge < -0.3 is 0 Å². The first-order valence-corrected chi connectivity index (χ1v) is 5.33. The zero-order valence-electron chi connectivity index (χ0n) is 7.70. The number of halogens is 2. The predicted octanol–water partition coefficient (Wildman–Crippen LogP) is 4.42. The van der Waals surface area contributed by atoms with Crippen LogP contribution in [-0.4, -0.2) is 5.33 Å². The molecule has 0 aliphatic rings. The molecule has 0 bridgehead atoms. The highest BCUT2D eigenvalue weighted by Gasteiger charge is 1.91. The minimum atomic E-state index is 0.810. The smallest absolute Gasteiger partial charge is 0.0283 e. The van der Waals surface area contributed by atoms with Crippen molar-refractivity contribution in [2.24, 2.45) is 0 Å². The van der Waals surface area contributed by atoms with E-state index in [1.807, 2.05) is 19.9 Å². The highest BCUT2D eigenvalue weighted by atomic mass is 79.9. The Hall–Kier alpha value is -0.0100. The van der Waals surface area contributed by atoms with Gasteiger partial charge in [0, 0.05) is 10.4 Å². The normalized spacial score (nSPS) is 15.2. The zero-order valence-corrected chi connectivity index (χ0v) is 10.0. The van der Waals surface area contributed by atoms with E-state index in [9.17, 15) is 0 Å². The van der Waals surface area contributed by atoms with Crippen LogP contribution in [0.15, 0.2) is 34.4 Å². The Kier molecular flexibility index (Phi) is 6.49. The van der Waals surface area contributed by atoms with Gasteiger partial charge in [-0.3, -0.25) is 0 Å². The minimum absolute atomic E-state index is 0.810. The lowest BCUT2D eigenvalue weighted by atomic mass is 10.2. The topological polar surface area (TPSA) is 0 Å². The average Bonchev–Trinajstić information content (AvgIpc) is 2.02. The predicted molar refractivity (Wildman–Crippen MR) is 60.9 cm³/mol. The maximum absolute atomic E-state index is 5.76. The highest BCUT2D eigenvalue weighted by Crippen LogP contribution is 2.11. The van der Waals surface area contributed by atoms with Crippen LogP contribution in [-0.2, 0) is 0 Å². The molecule has 0 aromatic heterocycles. The molecule has 0 N–H and O–H groups in total. The van der Waals surface area contributed by atoms with Gasteiger partial charge in [0.25, 0.3) is 0 Å². The Morgan fingerprint density at radius 1 is 1.33 bits per heavy atom. The fourth-order valence-corrected chi connectivity index (χ4v) is 1.21. The Morgan fingerprint density at radius 3 is 2.25 bits per heavy atom. The largest absolute Gasteiger partial charge is 0.0895 e. The maximum Gasteiger partial charge on any atom is 0.0283 e. The summed E-state index contributed by atoms with van der Waals surface area (Å²) in [5.41, 5.74) is 2.44. The van der Waals surface area contributed by atoms with Crippen LogP contribution in [0.4, 0.5) is 0 Å². The van der Waals surface area contributed by atoms with Gasteiger partial charge in [0.05, 0.1) is 0 Å². The van der Waals surface area contributed by atoms with Crippen LogP contribution in [0.1, 0.15) is 20.8 Å². The lowest BCUT2D eigenvalue weighted by molar-refractivity contribution is 1.41. The summed E-state index contributed by atoms with van der Waals surface area (Å²) in [6.07, 6.45) is 6.14. The van der Waals surface area contributed by atoms with Crippen molar-refractivity contribution < 1.29 is 0 Å². The molecule has 0 atom stereocenters. The number of alkyl halides is 1. The van der Waals surface area contributed by atoms with Crippen molar-refractivity contribution in [2.45, 2.75) is 20.8 Å². The van der Waals surface area contributed by atoms with Crippen molar-refractivity contribution in [3.8, 4) is 0 Å². The van der Waals surface area contributed by atoms with E-state index in [2.05, 4.69) is 35.0 Å². The quantitative estimate of drug-likeness (QED) is 0.513. The Labute approximate surface area is 88.1 Å². The van der Waals surface area contributed by atoms with E-state index in [1.165, 1.54) is 11.1 Å². The van der Waals surface area contributed by atoms with Crippen molar-refractivity contribution >= 4 is 27.5 Å². The van der Waals surface area contributed by atoms with E-state index in [0.717, 1.165) is 10.4 Å². The van der Waals surface area contributed by atoms with Crippen LogP contribution in [0.5, 0.6) is 0 Å². The molecule has 0 radical (unpaired) electrons. The van der Waals surface area contributed by atoms with Gasteiger partial charge in [0.1, 0.15) is 0 Å². The fourth-order valence-electron chi connectivity index (χ4n) is 0.750. The second-order valence-corrected chi connectivity index (χ2v) is 3.77. The Bertz CT molecular complexity index is 220. The molecular formula is C10H14BrCl. The minimum Gasteiger partial charge on any atom is -0.0895 e. The third kappa shape index (κ3) is 5.62. The van der Waals surface area contributed by atoms with Crippen LogP contribution in [0, 0.1) is 0 Å². The van der Waals surface area contributed by atoms with Gasteiger partial charge in [0.2, 0.25) is 0 Å². The van der Waals surface area contributed by atoms with Gasteiger partial charge in [-0.25, -0.2) is 0 Å². The second kappa shape index (κ2) is 6.50. The van der Waals surface area contributed by atoms with Crippen LogP contribution < -0.4 is 0 Å². The standard InChI is InChI=1S/C10H14BrCl/c1-4-8(2)5-10(7-11)6-9(3)12/h4-6H,7H2,1-3H3/b8-4-,9-6+,10-5+. The van der Waals surface area contributed by atoms with E-state index in [4.69, 9.17) is 11.6 Å². The summed E-state index contributed by atoms with van der Waals surface area (Å²) in [6, 6.07) is 0. The molecule has 0 saturated heterocycles. The molecule has 68 valence electrons. The summed E-state index contributed by atoms with van der Waals surface area (Å²) in [7, 11) is 0. The van der Waals surface area contributed by atoms with Crippen molar-refractivity contribution in [3.63, 3.8) is 0 Å². The number of hydrogen-bond acceptors (Lipinski definition) is 0. The van der Waals surface area contributed by atoms with E-state index < -0.39 is 0 Å². The SMILES string of the molecule is C\C=C(C)/C=C(\C=C(/C)Cl)CBr. The summed E-state index contributed by atoms with van der Waals surface area (Å²) < 4.78 is 0. The third-order valence-electron chi connectivity index (χ3n) is 1.41. The van der Waals surface area contributed by atoms with Gasteiger partial charge in [-0.05, 0) is 32.4 Å². The maximum atomic E-state index is 5.76. The first kappa shape index (κ1) is 12.0. The molecule has 0 saturated carbocycles. The number of hydrogen-bond donors (Lipinski definition) is 0.